The highest BCUT2D eigenvalue weighted by atomic mass is 79.9. The molecule has 2 aromatic rings. The Labute approximate surface area is 154 Å². The highest BCUT2D eigenvalue weighted by Gasteiger charge is 2.06. The summed E-state index contributed by atoms with van der Waals surface area (Å²) in [5.74, 6) is 1.28. The number of anilines is 2. The van der Waals surface area contributed by atoms with Gasteiger partial charge in [0.1, 0.15) is 5.03 Å². The molecule has 1 aromatic carbocycles. The zero-order valence-electron chi connectivity index (χ0n) is 13.4. The van der Waals surface area contributed by atoms with E-state index in [-0.39, 0.29) is 6.61 Å². The lowest BCUT2D eigenvalue weighted by atomic mass is 10.3. The lowest BCUT2D eigenvalue weighted by Gasteiger charge is -2.08. The molecule has 2 N–H and O–H groups in total. The second-order valence-electron chi connectivity index (χ2n) is 5.22. The molecule has 0 saturated carbocycles. The zero-order chi connectivity index (χ0) is 17.6. The third kappa shape index (κ3) is 6.39. The molecule has 0 spiro atoms. The summed E-state index contributed by atoms with van der Waals surface area (Å²) < 4.78 is 16.7. The summed E-state index contributed by atoms with van der Waals surface area (Å²) in [5, 5.41) is 12.8. The molecule has 0 aliphatic carbocycles. The van der Waals surface area contributed by atoms with Crippen LogP contribution in [0.3, 0.4) is 0 Å². The topological polar surface area (TPSA) is 87.5 Å². The number of benzene rings is 1. The molecule has 9 heteroatoms. The second-order valence-corrected chi connectivity index (χ2v) is 9.70. The predicted octanol–water partition coefficient (Wildman–Crippen LogP) is 3.82. The Morgan fingerprint density at radius 2 is 2.04 bits per heavy atom. The van der Waals surface area contributed by atoms with Crippen LogP contribution in [0.1, 0.15) is 6.42 Å². The number of aliphatic hydroxyl groups excluding tert-OH is 1. The van der Waals surface area contributed by atoms with Crippen LogP contribution in [0.25, 0.3) is 0 Å². The van der Waals surface area contributed by atoms with Crippen LogP contribution in [-0.2, 0) is 9.73 Å². The number of aromatic nitrogens is 2. The Balaban J connectivity index is 2.10. The van der Waals surface area contributed by atoms with Gasteiger partial charge in [0.15, 0.2) is 0 Å². The van der Waals surface area contributed by atoms with E-state index in [1.165, 1.54) is 0 Å². The largest absolute Gasteiger partial charge is 0.396 e. The molecule has 0 bridgehead atoms. The smallest absolute Gasteiger partial charge is 0.228 e. The van der Waals surface area contributed by atoms with E-state index in [1.54, 1.807) is 42.6 Å². The van der Waals surface area contributed by atoms with E-state index in [1.807, 2.05) is 12.1 Å². The third-order valence-corrected chi connectivity index (χ3v) is 5.27. The van der Waals surface area contributed by atoms with Crippen molar-refractivity contribution < 1.29 is 9.32 Å². The molecule has 24 heavy (non-hydrogen) atoms. The van der Waals surface area contributed by atoms with E-state index in [9.17, 15) is 4.21 Å². The average Bonchev–Trinajstić information content (AvgIpc) is 2.51. The van der Waals surface area contributed by atoms with Crippen LogP contribution in [0, 0.1) is 0 Å². The average molecular weight is 431 g/mol. The number of rotatable bonds is 7. The Morgan fingerprint density at radius 3 is 2.67 bits per heavy atom. The monoisotopic (exact) mass is 430 g/mol. The minimum atomic E-state index is -2.17. The molecule has 0 unspecified atom stereocenters. The van der Waals surface area contributed by atoms with Crippen molar-refractivity contribution in [3.05, 3.63) is 34.9 Å². The number of nitrogens with zero attached hydrogens (tertiary/aromatic N) is 3. The Kier molecular flexibility index (Phi) is 7.02. The predicted molar refractivity (Wildman–Crippen MR) is 104 cm³/mol. The normalized spacial score (nSPS) is 11.3. The second kappa shape index (κ2) is 8.80. The van der Waals surface area contributed by atoms with Crippen LogP contribution in [0.4, 0.5) is 17.3 Å². The van der Waals surface area contributed by atoms with Gasteiger partial charge in [0, 0.05) is 46.5 Å². The Hall–Kier alpha value is -1.16. The van der Waals surface area contributed by atoms with Gasteiger partial charge in [-0.3, -0.25) is 0 Å². The number of nitrogens with one attached hydrogen (secondary N) is 1. The van der Waals surface area contributed by atoms with Crippen molar-refractivity contribution in [3.8, 4) is 0 Å². The van der Waals surface area contributed by atoms with Crippen molar-refractivity contribution in [1.82, 2.24) is 9.97 Å². The number of thioether (sulfide) groups is 1. The summed E-state index contributed by atoms with van der Waals surface area (Å²) in [6, 6.07) is 7.28. The summed E-state index contributed by atoms with van der Waals surface area (Å²) in [7, 11) is -2.17. The first-order valence-corrected chi connectivity index (χ1v) is 11.3. The fourth-order valence-electron chi connectivity index (χ4n) is 1.73. The molecule has 0 fully saturated rings. The number of hydrogen-bond donors (Lipinski definition) is 2. The summed E-state index contributed by atoms with van der Waals surface area (Å²) in [6.45, 7) is 0.167. The van der Waals surface area contributed by atoms with Crippen LogP contribution >= 0.6 is 27.7 Å². The molecule has 1 aromatic heterocycles. The highest BCUT2D eigenvalue weighted by molar-refractivity contribution is 9.10. The van der Waals surface area contributed by atoms with Crippen molar-refractivity contribution in [3.63, 3.8) is 0 Å². The molecule has 6 nitrogen and oxygen atoms in total. The fourth-order valence-corrected chi connectivity index (χ4v) is 3.71. The van der Waals surface area contributed by atoms with Gasteiger partial charge in [0.05, 0.1) is 10.2 Å². The zero-order valence-corrected chi connectivity index (χ0v) is 16.6. The van der Waals surface area contributed by atoms with Gasteiger partial charge in [0.25, 0.3) is 0 Å². The number of aliphatic hydroxyl groups is 1. The maximum absolute atomic E-state index is 11.7. The Morgan fingerprint density at radius 1 is 1.33 bits per heavy atom. The molecule has 0 aliphatic heterocycles. The Bertz CT molecular complexity index is 798. The first kappa shape index (κ1) is 19.2. The summed E-state index contributed by atoms with van der Waals surface area (Å²) in [6.07, 6.45) is 5.62. The van der Waals surface area contributed by atoms with Gasteiger partial charge in [0.2, 0.25) is 5.95 Å². The van der Waals surface area contributed by atoms with Crippen LogP contribution in [-0.4, -0.2) is 44.2 Å². The van der Waals surface area contributed by atoms with Gasteiger partial charge in [-0.2, -0.15) is 4.36 Å². The van der Waals surface area contributed by atoms with Crippen LogP contribution in [0.15, 0.2) is 44.3 Å². The molecular formula is C15H19BrN4O2S2. The minimum Gasteiger partial charge on any atom is -0.396 e. The molecule has 0 amide bonds. The minimum absolute atomic E-state index is 0.167. The summed E-state index contributed by atoms with van der Waals surface area (Å²) in [5.41, 5.74) is 1.49. The molecule has 0 radical (unpaired) electrons. The number of halogens is 1. The van der Waals surface area contributed by atoms with E-state index < -0.39 is 9.73 Å². The molecule has 0 saturated heterocycles. The molecule has 1 heterocycles. The van der Waals surface area contributed by atoms with Gasteiger partial charge >= 0.3 is 0 Å². The first-order valence-electron chi connectivity index (χ1n) is 7.18. The van der Waals surface area contributed by atoms with E-state index in [2.05, 4.69) is 35.6 Å². The van der Waals surface area contributed by atoms with Gasteiger partial charge in [-0.25, -0.2) is 14.2 Å². The lowest BCUT2D eigenvalue weighted by Crippen LogP contribution is -1.99. The van der Waals surface area contributed by atoms with Crippen molar-refractivity contribution in [2.45, 2.75) is 11.4 Å². The van der Waals surface area contributed by atoms with E-state index in [0.717, 1.165) is 20.9 Å². The highest BCUT2D eigenvalue weighted by Crippen LogP contribution is 2.27. The third-order valence-electron chi connectivity index (χ3n) is 2.70. The SMILES string of the molecule is CS(C)(=O)=Nc1ccc(Nc2ncc(Br)c(SCCCO)n2)cc1. The quantitative estimate of drug-likeness (QED) is 0.394. The van der Waals surface area contributed by atoms with Crippen molar-refractivity contribution >= 4 is 54.7 Å². The van der Waals surface area contributed by atoms with E-state index >= 15 is 0 Å². The molecule has 130 valence electrons. The van der Waals surface area contributed by atoms with E-state index in [4.69, 9.17) is 5.11 Å². The molecule has 2 rings (SSSR count). The lowest BCUT2D eigenvalue weighted by molar-refractivity contribution is 0.296. The fraction of sp³-hybridized carbons (Fsp3) is 0.333. The van der Waals surface area contributed by atoms with E-state index in [0.29, 0.717) is 18.1 Å². The summed E-state index contributed by atoms with van der Waals surface area (Å²) in [4.78, 5) is 8.71. The van der Waals surface area contributed by atoms with Crippen LogP contribution < -0.4 is 5.32 Å². The van der Waals surface area contributed by atoms with Gasteiger partial charge < -0.3 is 10.4 Å². The van der Waals surface area contributed by atoms with Crippen LogP contribution in [0.5, 0.6) is 0 Å². The standard InChI is InChI=1S/C15H19BrN4O2S2/c1-24(2,22)20-12-6-4-11(5-7-12)18-15-17-10-13(16)14(19-15)23-9-3-8-21/h4-7,10,21H,3,8-9H2,1-2H3,(H,17,18,19). The van der Waals surface area contributed by atoms with Crippen molar-refractivity contribution in [1.29, 1.82) is 0 Å². The van der Waals surface area contributed by atoms with Gasteiger partial charge in [-0.05, 0) is 46.6 Å². The maximum Gasteiger partial charge on any atom is 0.228 e. The van der Waals surface area contributed by atoms with Crippen molar-refractivity contribution in [2.24, 2.45) is 4.36 Å². The maximum atomic E-state index is 11.7. The molecule has 0 atom stereocenters. The molecule has 0 aliphatic rings. The van der Waals surface area contributed by atoms with Crippen molar-refractivity contribution in [2.75, 3.05) is 30.2 Å². The van der Waals surface area contributed by atoms with Gasteiger partial charge in [-0.15, -0.1) is 11.8 Å². The first-order chi connectivity index (χ1) is 11.4. The number of hydrogen-bond acceptors (Lipinski definition) is 7. The van der Waals surface area contributed by atoms with Crippen LogP contribution in [0.2, 0.25) is 0 Å². The summed E-state index contributed by atoms with van der Waals surface area (Å²) >= 11 is 4.99. The molecular weight excluding hydrogens is 412 g/mol. The van der Waals surface area contributed by atoms with Gasteiger partial charge in [-0.1, -0.05) is 0 Å².